The number of hydrogen-bond acceptors (Lipinski definition) is 5. The number of carbonyl (C=O) groups excluding carboxylic acids is 1. The molecule has 1 heterocycles. The summed E-state index contributed by atoms with van der Waals surface area (Å²) in [5.41, 5.74) is 0. The fourth-order valence-corrected chi connectivity index (χ4v) is 2.19. The summed E-state index contributed by atoms with van der Waals surface area (Å²) in [6, 6.07) is 0. The van der Waals surface area contributed by atoms with Crippen molar-refractivity contribution in [3.05, 3.63) is 5.82 Å². The normalized spacial score (nSPS) is 11.4. The molecule has 0 aliphatic heterocycles. The van der Waals surface area contributed by atoms with Gasteiger partial charge >= 0.3 is 0 Å². The van der Waals surface area contributed by atoms with Crippen LogP contribution in [-0.4, -0.2) is 47.1 Å². The molecule has 0 aliphatic rings. The quantitative estimate of drug-likeness (QED) is 0.604. The van der Waals surface area contributed by atoms with Crippen molar-refractivity contribution in [2.45, 2.75) is 31.5 Å². The second kappa shape index (κ2) is 6.75. The van der Waals surface area contributed by atoms with Gasteiger partial charge in [0.05, 0.1) is 33.2 Å². The maximum absolute atomic E-state index is 10.5. The minimum absolute atomic E-state index is 0.0922. The molecule has 7 heteroatoms. The van der Waals surface area contributed by atoms with Crippen molar-refractivity contribution in [3.8, 4) is 0 Å². The topological polar surface area (TPSA) is 75.3 Å². The highest BCUT2D eigenvalue weighted by Crippen LogP contribution is 2.20. The van der Waals surface area contributed by atoms with E-state index in [1.54, 1.807) is 0 Å². The Balaban J connectivity index is 2.84. The summed E-state index contributed by atoms with van der Waals surface area (Å²) >= 11 is 1.16. The molecule has 0 radical (unpaired) electrons. The molecule has 0 saturated carbocycles. The molecule has 0 fully saturated rings. The van der Waals surface area contributed by atoms with Crippen LogP contribution in [0.2, 0.25) is 0 Å². The summed E-state index contributed by atoms with van der Waals surface area (Å²) in [5, 5.41) is 19.4. The number of aromatic nitrogens is 3. The van der Waals surface area contributed by atoms with E-state index >= 15 is 0 Å². The van der Waals surface area contributed by atoms with Gasteiger partial charge in [0.1, 0.15) is 5.82 Å². The van der Waals surface area contributed by atoms with Crippen LogP contribution < -0.4 is 10.0 Å². The highest BCUT2D eigenvalue weighted by atomic mass is 32.2. The fourth-order valence-electron chi connectivity index (χ4n) is 1.50. The van der Waals surface area contributed by atoms with Crippen molar-refractivity contribution in [1.82, 2.24) is 14.8 Å². The summed E-state index contributed by atoms with van der Waals surface area (Å²) in [5.74, 6) is -0.00615. The number of hydrogen-bond donors (Lipinski definition) is 1. The predicted molar refractivity (Wildman–Crippen MR) is 67.5 cm³/mol. The summed E-state index contributed by atoms with van der Waals surface area (Å²) in [6.07, 6.45) is 0. The van der Waals surface area contributed by atoms with Crippen LogP contribution in [-0.2, 0) is 11.3 Å². The van der Waals surface area contributed by atoms with Gasteiger partial charge in [0.15, 0.2) is 5.16 Å². The zero-order valence-corrected chi connectivity index (χ0v) is 12.1. The Bertz CT molecular complexity index is 404. The van der Waals surface area contributed by atoms with Gasteiger partial charge in [-0.2, -0.15) is 0 Å². The second-order valence-corrected chi connectivity index (χ2v) is 5.71. The summed E-state index contributed by atoms with van der Waals surface area (Å²) in [7, 11) is 4.15. The lowest BCUT2D eigenvalue weighted by Gasteiger charge is -2.13. The molecule has 0 unspecified atom stereocenters. The SMILES string of the molecule is CC(C)c1nnc(SCC(=O)[O-])n1CC[NH+](C)C. The summed E-state index contributed by atoms with van der Waals surface area (Å²) in [4.78, 5) is 11.8. The molecule has 0 amide bonds. The largest absolute Gasteiger partial charge is 0.549 e. The zero-order valence-electron chi connectivity index (χ0n) is 11.3. The van der Waals surface area contributed by atoms with E-state index in [0.717, 1.165) is 30.7 Å². The van der Waals surface area contributed by atoms with Gasteiger partial charge in [-0.05, 0) is 0 Å². The van der Waals surface area contributed by atoms with Crippen LogP contribution in [0.25, 0.3) is 0 Å². The van der Waals surface area contributed by atoms with E-state index in [2.05, 4.69) is 38.1 Å². The van der Waals surface area contributed by atoms with Crippen LogP contribution in [0.5, 0.6) is 0 Å². The van der Waals surface area contributed by atoms with E-state index in [1.807, 2.05) is 4.57 Å². The summed E-state index contributed by atoms with van der Waals surface area (Å²) < 4.78 is 2.01. The predicted octanol–water partition coefficient (Wildman–Crippen LogP) is -1.61. The highest BCUT2D eigenvalue weighted by Gasteiger charge is 2.15. The number of carboxylic acid groups (broad SMARTS) is 1. The first-order valence-corrected chi connectivity index (χ1v) is 6.95. The van der Waals surface area contributed by atoms with Crippen molar-refractivity contribution >= 4 is 17.7 Å². The van der Waals surface area contributed by atoms with Crippen molar-refractivity contribution < 1.29 is 14.8 Å². The van der Waals surface area contributed by atoms with Crippen LogP contribution in [0.4, 0.5) is 0 Å². The Morgan fingerprint density at radius 2 is 2.11 bits per heavy atom. The standard InChI is InChI=1S/C11H20N4O2S/c1-8(2)10-12-13-11(18-7-9(16)17)15(10)6-5-14(3)4/h8H,5-7H2,1-4H3,(H,16,17). The van der Waals surface area contributed by atoms with Gasteiger partial charge in [0.25, 0.3) is 0 Å². The van der Waals surface area contributed by atoms with Crippen molar-refractivity contribution in [2.75, 3.05) is 26.4 Å². The monoisotopic (exact) mass is 272 g/mol. The van der Waals surface area contributed by atoms with Crippen molar-refractivity contribution in [2.24, 2.45) is 0 Å². The Morgan fingerprint density at radius 1 is 1.44 bits per heavy atom. The first-order chi connectivity index (χ1) is 8.41. The third kappa shape index (κ3) is 4.30. The molecule has 1 aromatic rings. The molecule has 0 spiro atoms. The minimum atomic E-state index is -1.08. The van der Waals surface area contributed by atoms with Crippen LogP contribution in [0.15, 0.2) is 5.16 Å². The molecule has 0 aromatic carbocycles. The molecule has 1 rings (SSSR count). The Morgan fingerprint density at radius 3 is 2.61 bits per heavy atom. The fraction of sp³-hybridized carbons (Fsp3) is 0.727. The molecule has 0 saturated heterocycles. The third-order valence-electron chi connectivity index (χ3n) is 2.42. The van der Waals surface area contributed by atoms with Crippen LogP contribution in [0.1, 0.15) is 25.6 Å². The zero-order chi connectivity index (χ0) is 13.7. The molecule has 1 aromatic heterocycles. The molecule has 18 heavy (non-hydrogen) atoms. The van der Waals surface area contributed by atoms with E-state index in [4.69, 9.17) is 0 Å². The molecule has 0 atom stereocenters. The molecule has 6 nitrogen and oxygen atoms in total. The highest BCUT2D eigenvalue weighted by molar-refractivity contribution is 7.99. The first kappa shape index (κ1) is 15.0. The average Bonchev–Trinajstić information content (AvgIpc) is 2.66. The lowest BCUT2D eigenvalue weighted by atomic mass is 10.2. The van der Waals surface area contributed by atoms with Gasteiger partial charge in [-0.15, -0.1) is 10.2 Å². The number of rotatable bonds is 7. The molecular weight excluding hydrogens is 252 g/mol. The number of carbonyl (C=O) groups is 1. The number of quaternary nitrogens is 1. The van der Waals surface area contributed by atoms with Gasteiger partial charge in [0.2, 0.25) is 0 Å². The van der Waals surface area contributed by atoms with E-state index < -0.39 is 5.97 Å². The van der Waals surface area contributed by atoms with Crippen molar-refractivity contribution in [3.63, 3.8) is 0 Å². The van der Waals surface area contributed by atoms with Crippen LogP contribution in [0.3, 0.4) is 0 Å². The van der Waals surface area contributed by atoms with Gasteiger partial charge in [-0.3, -0.25) is 0 Å². The maximum Gasteiger partial charge on any atom is 0.191 e. The van der Waals surface area contributed by atoms with Crippen molar-refractivity contribution in [1.29, 1.82) is 0 Å². The van der Waals surface area contributed by atoms with E-state index in [-0.39, 0.29) is 11.7 Å². The van der Waals surface area contributed by atoms with Crippen LogP contribution in [0, 0.1) is 0 Å². The molecule has 102 valence electrons. The Labute approximate surface area is 111 Å². The maximum atomic E-state index is 10.5. The van der Waals surface area contributed by atoms with E-state index in [9.17, 15) is 9.90 Å². The average molecular weight is 272 g/mol. The Hall–Kier alpha value is -1.08. The number of carboxylic acids is 1. The van der Waals surface area contributed by atoms with E-state index in [0.29, 0.717) is 5.16 Å². The number of nitrogens with one attached hydrogen (secondary N) is 1. The molecule has 0 aliphatic carbocycles. The lowest BCUT2D eigenvalue weighted by molar-refractivity contribution is -0.859. The van der Waals surface area contributed by atoms with Crippen LogP contribution >= 0.6 is 11.8 Å². The minimum Gasteiger partial charge on any atom is -0.549 e. The smallest absolute Gasteiger partial charge is 0.191 e. The number of likely N-dealkylation sites (N-methyl/N-ethyl adjacent to an activating group) is 1. The van der Waals surface area contributed by atoms with E-state index in [1.165, 1.54) is 4.90 Å². The van der Waals surface area contributed by atoms with Gasteiger partial charge in [-0.25, -0.2) is 0 Å². The second-order valence-electron chi connectivity index (χ2n) is 4.76. The molecular formula is C11H20N4O2S. The summed E-state index contributed by atoms with van der Waals surface area (Å²) in [6.45, 7) is 5.83. The third-order valence-corrected chi connectivity index (χ3v) is 3.36. The lowest BCUT2D eigenvalue weighted by Crippen LogP contribution is -3.06. The van der Waals surface area contributed by atoms with Gasteiger partial charge in [-0.1, -0.05) is 25.6 Å². The molecule has 1 N–H and O–H groups in total. The molecule has 0 bridgehead atoms. The number of thioether (sulfide) groups is 1. The van der Waals surface area contributed by atoms with Gasteiger partial charge < -0.3 is 19.4 Å². The Kier molecular flexibility index (Phi) is 5.61. The first-order valence-electron chi connectivity index (χ1n) is 5.96. The number of aliphatic carboxylic acids is 1. The van der Waals surface area contributed by atoms with Gasteiger partial charge in [0, 0.05) is 11.7 Å². The number of nitrogens with zero attached hydrogens (tertiary/aromatic N) is 3.